The van der Waals surface area contributed by atoms with E-state index in [1.165, 1.54) is 18.7 Å². The van der Waals surface area contributed by atoms with E-state index in [0.717, 1.165) is 12.2 Å². The van der Waals surface area contributed by atoms with Gasteiger partial charge in [0.1, 0.15) is 0 Å². The predicted molar refractivity (Wildman–Crippen MR) is 59.8 cm³/mol. The molecule has 0 aliphatic rings. The van der Waals surface area contributed by atoms with Crippen molar-refractivity contribution in [2.45, 2.75) is 33.3 Å². The molecule has 0 saturated carbocycles. The molecule has 88 valence electrons. The maximum atomic E-state index is 11.1. The fourth-order valence-corrected chi connectivity index (χ4v) is 1.41. The monoisotopic (exact) mass is 234 g/mol. The van der Waals surface area contributed by atoms with Crippen molar-refractivity contribution in [3.05, 3.63) is 0 Å². The fraction of sp³-hybridized carbons (Fsp3) is 0.800. The summed E-state index contributed by atoms with van der Waals surface area (Å²) >= 11 is 1.27. The van der Waals surface area contributed by atoms with Gasteiger partial charge in [-0.3, -0.25) is 4.79 Å². The number of rotatable bonds is 7. The van der Waals surface area contributed by atoms with Gasteiger partial charge < -0.3 is 9.47 Å². The summed E-state index contributed by atoms with van der Waals surface area (Å²) in [7, 11) is 0. The largest absolute Gasteiger partial charge is 0.464 e. The first kappa shape index (κ1) is 14.5. The van der Waals surface area contributed by atoms with E-state index in [-0.39, 0.29) is 11.1 Å². The first-order chi connectivity index (χ1) is 7.07. The highest BCUT2D eigenvalue weighted by Crippen LogP contribution is 2.04. The number of thioether (sulfide) groups is 1. The van der Waals surface area contributed by atoms with Gasteiger partial charge in [-0.1, -0.05) is 11.8 Å². The lowest BCUT2D eigenvalue weighted by molar-refractivity contribution is -0.155. The standard InChI is InChI=1S/C10H18O4S/c1-4-13-10(12)8(2)14-6-5-7-15-9(3)11/h8H,4-7H2,1-3H3/t8-/m0/s1. The van der Waals surface area contributed by atoms with Gasteiger partial charge in [0.05, 0.1) is 6.61 Å². The molecule has 0 aromatic rings. The lowest BCUT2D eigenvalue weighted by atomic mass is 10.4. The highest BCUT2D eigenvalue weighted by molar-refractivity contribution is 8.13. The maximum absolute atomic E-state index is 11.1. The molecule has 0 unspecified atom stereocenters. The molecule has 4 nitrogen and oxygen atoms in total. The van der Waals surface area contributed by atoms with Crippen LogP contribution in [-0.4, -0.2) is 36.2 Å². The van der Waals surface area contributed by atoms with Crippen LogP contribution in [0.5, 0.6) is 0 Å². The Morgan fingerprint density at radius 2 is 2.07 bits per heavy atom. The Labute approximate surface area is 94.7 Å². The molecule has 0 aliphatic heterocycles. The Morgan fingerprint density at radius 3 is 2.60 bits per heavy atom. The molecule has 0 radical (unpaired) electrons. The average molecular weight is 234 g/mol. The highest BCUT2D eigenvalue weighted by Gasteiger charge is 2.13. The summed E-state index contributed by atoms with van der Waals surface area (Å²) in [5, 5.41) is 0.105. The van der Waals surface area contributed by atoms with Crippen molar-refractivity contribution in [1.29, 1.82) is 0 Å². The quantitative estimate of drug-likeness (QED) is 0.495. The van der Waals surface area contributed by atoms with E-state index in [1.807, 2.05) is 0 Å². The number of ether oxygens (including phenoxy) is 2. The third kappa shape index (κ3) is 8.44. The summed E-state index contributed by atoms with van der Waals surface area (Å²) < 4.78 is 10.0. The van der Waals surface area contributed by atoms with E-state index < -0.39 is 6.10 Å². The van der Waals surface area contributed by atoms with Crippen molar-refractivity contribution >= 4 is 22.8 Å². The van der Waals surface area contributed by atoms with E-state index in [0.29, 0.717) is 13.2 Å². The topological polar surface area (TPSA) is 52.6 Å². The van der Waals surface area contributed by atoms with Crippen LogP contribution < -0.4 is 0 Å². The summed E-state index contributed by atoms with van der Waals surface area (Å²) in [5.74, 6) is 0.391. The van der Waals surface area contributed by atoms with Gasteiger partial charge in [-0.2, -0.15) is 0 Å². The molecule has 15 heavy (non-hydrogen) atoms. The summed E-state index contributed by atoms with van der Waals surface area (Å²) in [6.45, 7) is 5.80. The first-order valence-corrected chi connectivity index (χ1v) is 5.98. The van der Waals surface area contributed by atoms with Crippen molar-refractivity contribution in [3.63, 3.8) is 0 Å². The van der Waals surface area contributed by atoms with E-state index >= 15 is 0 Å². The number of hydrogen-bond donors (Lipinski definition) is 0. The zero-order valence-electron chi connectivity index (χ0n) is 9.45. The van der Waals surface area contributed by atoms with Gasteiger partial charge in [-0.05, 0) is 20.3 Å². The molecule has 1 atom stereocenters. The minimum absolute atomic E-state index is 0.105. The molecule has 0 aromatic carbocycles. The molecular weight excluding hydrogens is 216 g/mol. The summed E-state index contributed by atoms with van der Waals surface area (Å²) in [6.07, 6.45) is 0.237. The molecule has 0 aliphatic carbocycles. The zero-order chi connectivity index (χ0) is 11.7. The van der Waals surface area contributed by atoms with Gasteiger partial charge in [0.15, 0.2) is 11.2 Å². The Hall–Kier alpha value is -0.550. The molecule has 0 bridgehead atoms. The normalized spacial score (nSPS) is 12.2. The molecule has 0 spiro atoms. The SMILES string of the molecule is CCOC(=O)[C@H](C)OCCCSC(C)=O. The lowest BCUT2D eigenvalue weighted by Gasteiger charge is -2.11. The van der Waals surface area contributed by atoms with Gasteiger partial charge >= 0.3 is 5.97 Å². The predicted octanol–water partition coefficient (Wildman–Crippen LogP) is 1.62. The van der Waals surface area contributed by atoms with Crippen LogP contribution in [0.15, 0.2) is 0 Å². The molecule has 0 rings (SSSR count). The molecule has 0 fully saturated rings. The molecule has 0 saturated heterocycles. The smallest absolute Gasteiger partial charge is 0.334 e. The maximum Gasteiger partial charge on any atom is 0.334 e. The van der Waals surface area contributed by atoms with Crippen molar-refractivity contribution in [2.24, 2.45) is 0 Å². The number of carbonyl (C=O) groups is 2. The Morgan fingerprint density at radius 1 is 1.40 bits per heavy atom. The van der Waals surface area contributed by atoms with Crippen molar-refractivity contribution < 1.29 is 19.1 Å². The van der Waals surface area contributed by atoms with Gasteiger partial charge in [-0.25, -0.2) is 4.79 Å². The third-order valence-electron chi connectivity index (χ3n) is 1.58. The molecule has 0 amide bonds. The van der Waals surface area contributed by atoms with Gasteiger partial charge in [-0.15, -0.1) is 0 Å². The van der Waals surface area contributed by atoms with Crippen LogP contribution >= 0.6 is 11.8 Å². The van der Waals surface area contributed by atoms with Crippen LogP contribution in [-0.2, 0) is 19.1 Å². The van der Waals surface area contributed by atoms with E-state index in [1.54, 1.807) is 13.8 Å². The highest BCUT2D eigenvalue weighted by atomic mass is 32.2. The van der Waals surface area contributed by atoms with Crippen LogP contribution in [0.1, 0.15) is 27.2 Å². The van der Waals surface area contributed by atoms with E-state index in [4.69, 9.17) is 9.47 Å². The summed E-state index contributed by atoms with van der Waals surface area (Å²) in [5.41, 5.74) is 0. The molecule has 0 heterocycles. The number of carbonyl (C=O) groups excluding carboxylic acids is 2. The van der Waals surface area contributed by atoms with Crippen molar-refractivity contribution in [1.82, 2.24) is 0 Å². The Balaban J connectivity index is 3.42. The second-order valence-corrected chi connectivity index (χ2v) is 4.23. The number of hydrogen-bond acceptors (Lipinski definition) is 5. The van der Waals surface area contributed by atoms with Crippen LogP contribution in [0.3, 0.4) is 0 Å². The van der Waals surface area contributed by atoms with Crippen molar-refractivity contribution in [2.75, 3.05) is 19.0 Å². The lowest BCUT2D eigenvalue weighted by Crippen LogP contribution is -2.23. The summed E-state index contributed by atoms with van der Waals surface area (Å²) in [4.78, 5) is 21.7. The van der Waals surface area contributed by atoms with Gasteiger partial charge in [0.25, 0.3) is 0 Å². The van der Waals surface area contributed by atoms with Crippen molar-refractivity contribution in [3.8, 4) is 0 Å². The fourth-order valence-electron chi connectivity index (χ4n) is 0.863. The number of esters is 1. The minimum Gasteiger partial charge on any atom is -0.464 e. The van der Waals surface area contributed by atoms with Crippen LogP contribution in [0.25, 0.3) is 0 Å². The molecule has 0 aromatic heterocycles. The van der Waals surface area contributed by atoms with Crippen LogP contribution in [0.2, 0.25) is 0 Å². The molecular formula is C10H18O4S. The zero-order valence-corrected chi connectivity index (χ0v) is 10.3. The van der Waals surface area contributed by atoms with Gasteiger partial charge in [0.2, 0.25) is 0 Å². The van der Waals surface area contributed by atoms with Crippen LogP contribution in [0, 0.1) is 0 Å². The Kier molecular flexibility index (Phi) is 8.41. The van der Waals surface area contributed by atoms with E-state index in [9.17, 15) is 9.59 Å². The average Bonchev–Trinajstić information content (AvgIpc) is 2.16. The second-order valence-electron chi connectivity index (χ2n) is 2.96. The molecule has 5 heteroatoms. The Bertz CT molecular complexity index is 206. The van der Waals surface area contributed by atoms with Crippen LogP contribution in [0.4, 0.5) is 0 Å². The molecule has 0 N–H and O–H groups in total. The minimum atomic E-state index is -0.521. The third-order valence-corrected chi connectivity index (χ3v) is 2.48. The van der Waals surface area contributed by atoms with E-state index in [2.05, 4.69) is 0 Å². The first-order valence-electron chi connectivity index (χ1n) is 4.99. The van der Waals surface area contributed by atoms with Gasteiger partial charge in [0, 0.05) is 19.3 Å². The second kappa shape index (κ2) is 8.73. The summed E-state index contributed by atoms with van der Waals surface area (Å²) in [6, 6.07) is 0.